The lowest BCUT2D eigenvalue weighted by Crippen LogP contribution is -2.13. The van der Waals surface area contributed by atoms with Gasteiger partial charge in [0.25, 0.3) is 10.0 Å². The Kier molecular flexibility index (Phi) is 4.60. The molecule has 0 unspecified atom stereocenters. The predicted molar refractivity (Wildman–Crippen MR) is 98.9 cm³/mol. The van der Waals surface area contributed by atoms with Gasteiger partial charge in [0.05, 0.1) is 10.6 Å². The molecule has 5 heteroatoms. The Morgan fingerprint density at radius 3 is 2.29 bits per heavy atom. The zero-order chi connectivity index (χ0) is 17.2. The minimum atomic E-state index is -3.65. The number of para-hydroxylation sites is 1. The van der Waals surface area contributed by atoms with Gasteiger partial charge in [0.2, 0.25) is 0 Å². The summed E-state index contributed by atoms with van der Waals surface area (Å²) in [5, 5.41) is 0.601. The molecule has 0 aromatic heterocycles. The van der Waals surface area contributed by atoms with Crippen LogP contribution in [0.4, 0.5) is 5.69 Å². The zero-order valence-corrected chi connectivity index (χ0v) is 14.6. The maximum atomic E-state index is 12.6. The number of sulfonamides is 1. The standard InChI is InChI=1S/C19H16ClNO2S/c1-14-9-11-17(12-10-14)24(22,23)21-19-8-3-2-7-18(19)15-5-4-6-16(20)13-15/h2-13,21H,1H3. The minimum Gasteiger partial charge on any atom is -0.279 e. The Bertz CT molecular complexity index is 967. The van der Waals surface area contributed by atoms with Gasteiger partial charge in [-0.25, -0.2) is 8.42 Å². The highest BCUT2D eigenvalue weighted by Crippen LogP contribution is 2.31. The molecule has 122 valence electrons. The van der Waals surface area contributed by atoms with Crippen molar-refractivity contribution in [3.8, 4) is 11.1 Å². The topological polar surface area (TPSA) is 46.2 Å². The summed E-state index contributed by atoms with van der Waals surface area (Å²) in [6.45, 7) is 1.91. The fourth-order valence-electron chi connectivity index (χ4n) is 2.40. The van der Waals surface area contributed by atoms with E-state index in [1.807, 2.05) is 31.2 Å². The van der Waals surface area contributed by atoms with Crippen LogP contribution >= 0.6 is 11.6 Å². The molecule has 0 fully saturated rings. The van der Waals surface area contributed by atoms with Crippen molar-refractivity contribution in [2.24, 2.45) is 0 Å². The number of rotatable bonds is 4. The van der Waals surface area contributed by atoms with Gasteiger partial charge in [0.15, 0.2) is 0 Å². The second-order valence-electron chi connectivity index (χ2n) is 5.47. The molecular formula is C19H16ClNO2S. The highest BCUT2D eigenvalue weighted by molar-refractivity contribution is 7.92. The molecule has 0 saturated heterocycles. The quantitative estimate of drug-likeness (QED) is 0.704. The molecule has 0 spiro atoms. The van der Waals surface area contributed by atoms with Gasteiger partial charge >= 0.3 is 0 Å². The molecule has 1 N–H and O–H groups in total. The third-order valence-corrected chi connectivity index (χ3v) is 5.25. The van der Waals surface area contributed by atoms with Crippen LogP contribution in [0.2, 0.25) is 5.02 Å². The van der Waals surface area contributed by atoms with E-state index in [4.69, 9.17) is 11.6 Å². The van der Waals surface area contributed by atoms with Crippen LogP contribution < -0.4 is 4.72 Å². The van der Waals surface area contributed by atoms with Crippen molar-refractivity contribution in [2.45, 2.75) is 11.8 Å². The molecule has 24 heavy (non-hydrogen) atoms. The van der Waals surface area contributed by atoms with Crippen molar-refractivity contribution in [1.29, 1.82) is 0 Å². The molecule has 0 aliphatic heterocycles. The van der Waals surface area contributed by atoms with E-state index in [9.17, 15) is 8.42 Å². The van der Waals surface area contributed by atoms with Gasteiger partial charge in [0.1, 0.15) is 0 Å². The molecule has 0 bridgehead atoms. The van der Waals surface area contributed by atoms with Crippen LogP contribution in [0, 0.1) is 6.92 Å². The van der Waals surface area contributed by atoms with E-state index in [0.717, 1.165) is 16.7 Å². The van der Waals surface area contributed by atoms with E-state index in [0.29, 0.717) is 10.7 Å². The monoisotopic (exact) mass is 357 g/mol. The molecule has 3 aromatic rings. The third kappa shape index (κ3) is 3.61. The Balaban J connectivity index is 2.00. The summed E-state index contributed by atoms with van der Waals surface area (Å²) in [6.07, 6.45) is 0. The number of halogens is 1. The molecular weight excluding hydrogens is 342 g/mol. The van der Waals surface area contributed by atoms with Crippen molar-refractivity contribution in [3.05, 3.63) is 83.4 Å². The van der Waals surface area contributed by atoms with E-state index in [2.05, 4.69) is 4.72 Å². The lowest BCUT2D eigenvalue weighted by Gasteiger charge is -2.13. The molecule has 0 saturated carbocycles. The molecule has 0 aliphatic rings. The Morgan fingerprint density at radius 1 is 0.875 bits per heavy atom. The van der Waals surface area contributed by atoms with E-state index in [1.165, 1.54) is 0 Å². The number of hydrogen-bond donors (Lipinski definition) is 1. The highest BCUT2D eigenvalue weighted by atomic mass is 35.5. The number of anilines is 1. The molecule has 0 atom stereocenters. The van der Waals surface area contributed by atoms with Gasteiger partial charge in [-0.3, -0.25) is 4.72 Å². The van der Waals surface area contributed by atoms with Gasteiger partial charge in [-0.15, -0.1) is 0 Å². The summed E-state index contributed by atoms with van der Waals surface area (Å²) in [4.78, 5) is 0.231. The SMILES string of the molecule is Cc1ccc(S(=O)(=O)Nc2ccccc2-c2cccc(Cl)c2)cc1. The average Bonchev–Trinajstić information content (AvgIpc) is 2.55. The van der Waals surface area contributed by atoms with Crippen molar-refractivity contribution in [3.63, 3.8) is 0 Å². The van der Waals surface area contributed by atoms with E-state index in [-0.39, 0.29) is 4.90 Å². The first kappa shape index (κ1) is 16.6. The number of nitrogens with one attached hydrogen (secondary N) is 1. The average molecular weight is 358 g/mol. The van der Waals surface area contributed by atoms with Gasteiger partial charge in [-0.05, 0) is 42.8 Å². The molecule has 0 aliphatic carbocycles. The van der Waals surface area contributed by atoms with Gasteiger partial charge in [-0.2, -0.15) is 0 Å². The summed E-state index contributed by atoms with van der Waals surface area (Å²) in [5.74, 6) is 0. The molecule has 0 amide bonds. The second kappa shape index (κ2) is 6.67. The maximum Gasteiger partial charge on any atom is 0.261 e. The van der Waals surface area contributed by atoms with Gasteiger partial charge in [0, 0.05) is 10.6 Å². The fraction of sp³-hybridized carbons (Fsp3) is 0.0526. The lowest BCUT2D eigenvalue weighted by molar-refractivity contribution is 0.601. The van der Waals surface area contributed by atoms with Gasteiger partial charge < -0.3 is 0 Å². The molecule has 0 radical (unpaired) electrons. The first-order valence-corrected chi connectivity index (χ1v) is 9.26. The number of hydrogen-bond acceptors (Lipinski definition) is 2. The highest BCUT2D eigenvalue weighted by Gasteiger charge is 2.16. The second-order valence-corrected chi connectivity index (χ2v) is 7.59. The number of benzene rings is 3. The van der Waals surface area contributed by atoms with Crippen LogP contribution in [0.5, 0.6) is 0 Å². The van der Waals surface area contributed by atoms with Crippen molar-refractivity contribution < 1.29 is 8.42 Å². The van der Waals surface area contributed by atoms with E-state index < -0.39 is 10.0 Å². The minimum absolute atomic E-state index is 0.231. The van der Waals surface area contributed by atoms with E-state index in [1.54, 1.807) is 48.5 Å². The van der Waals surface area contributed by atoms with Crippen molar-refractivity contribution in [1.82, 2.24) is 0 Å². The van der Waals surface area contributed by atoms with Crippen LogP contribution in [0.25, 0.3) is 11.1 Å². The smallest absolute Gasteiger partial charge is 0.261 e. The third-order valence-electron chi connectivity index (χ3n) is 3.64. The molecule has 3 rings (SSSR count). The van der Waals surface area contributed by atoms with E-state index >= 15 is 0 Å². The van der Waals surface area contributed by atoms with Crippen LogP contribution in [-0.4, -0.2) is 8.42 Å². The van der Waals surface area contributed by atoms with Crippen LogP contribution in [0.15, 0.2) is 77.7 Å². The number of aryl methyl sites for hydroxylation is 1. The maximum absolute atomic E-state index is 12.6. The van der Waals surface area contributed by atoms with Crippen molar-refractivity contribution >= 4 is 27.3 Å². The summed E-state index contributed by atoms with van der Waals surface area (Å²) in [6, 6.07) is 21.3. The van der Waals surface area contributed by atoms with Crippen LogP contribution in [0.3, 0.4) is 0 Å². The van der Waals surface area contributed by atoms with Gasteiger partial charge in [-0.1, -0.05) is 59.6 Å². The normalized spacial score (nSPS) is 11.2. The summed E-state index contributed by atoms with van der Waals surface area (Å²) < 4.78 is 27.9. The predicted octanol–water partition coefficient (Wildman–Crippen LogP) is 5.12. The molecule has 3 nitrogen and oxygen atoms in total. The largest absolute Gasteiger partial charge is 0.279 e. The Morgan fingerprint density at radius 2 is 1.58 bits per heavy atom. The summed E-state index contributed by atoms with van der Waals surface area (Å²) in [5.41, 5.74) is 3.15. The van der Waals surface area contributed by atoms with Crippen LogP contribution in [-0.2, 0) is 10.0 Å². The first-order chi connectivity index (χ1) is 11.5. The first-order valence-electron chi connectivity index (χ1n) is 7.40. The Labute approximate surface area is 147 Å². The fourth-order valence-corrected chi connectivity index (χ4v) is 3.67. The zero-order valence-electron chi connectivity index (χ0n) is 13.0. The molecule has 0 heterocycles. The summed E-state index contributed by atoms with van der Waals surface area (Å²) >= 11 is 6.05. The Hall–Kier alpha value is -2.30. The summed E-state index contributed by atoms with van der Waals surface area (Å²) in [7, 11) is -3.65. The van der Waals surface area contributed by atoms with Crippen molar-refractivity contribution in [2.75, 3.05) is 4.72 Å². The van der Waals surface area contributed by atoms with Crippen LogP contribution in [0.1, 0.15) is 5.56 Å². The lowest BCUT2D eigenvalue weighted by atomic mass is 10.0. The molecule has 3 aromatic carbocycles.